The van der Waals surface area contributed by atoms with Crippen LogP contribution in [0.1, 0.15) is 18.4 Å². The summed E-state index contributed by atoms with van der Waals surface area (Å²) >= 11 is 0. The highest BCUT2D eigenvalue weighted by Crippen LogP contribution is 2.47. The molecule has 0 saturated heterocycles. The van der Waals surface area contributed by atoms with Crippen LogP contribution in [-0.4, -0.2) is 22.2 Å². The van der Waals surface area contributed by atoms with Gasteiger partial charge in [0.15, 0.2) is 0 Å². The van der Waals surface area contributed by atoms with E-state index in [1.165, 1.54) is 11.8 Å². The van der Waals surface area contributed by atoms with E-state index in [4.69, 9.17) is 0 Å². The lowest BCUT2D eigenvalue weighted by molar-refractivity contribution is -0.121. The van der Waals surface area contributed by atoms with Gasteiger partial charge in [0.1, 0.15) is 6.54 Å². The summed E-state index contributed by atoms with van der Waals surface area (Å²) in [6, 6.07) is 17.5. The molecule has 0 bridgehead atoms. The van der Waals surface area contributed by atoms with Crippen LogP contribution in [0.3, 0.4) is 0 Å². The van der Waals surface area contributed by atoms with Gasteiger partial charge in [-0.15, -0.1) is 0 Å². The summed E-state index contributed by atoms with van der Waals surface area (Å²) in [5.41, 5.74) is 1.90. The van der Waals surface area contributed by atoms with Crippen LogP contribution in [0, 0.1) is 0 Å². The second-order valence-electron chi connectivity index (χ2n) is 6.61. The molecule has 0 aliphatic heterocycles. The number of nitrogens with zero attached hydrogens (tertiary/aromatic N) is 2. The highest BCUT2D eigenvalue weighted by Gasteiger charge is 2.44. The van der Waals surface area contributed by atoms with E-state index < -0.39 is 0 Å². The Morgan fingerprint density at radius 1 is 1.08 bits per heavy atom. The Balaban J connectivity index is 1.47. The minimum Gasteiger partial charge on any atom is -0.354 e. The number of benzene rings is 2. The molecule has 1 heterocycles. The first-order chi connectivity index (χ1) is 12.2. The standard InChI is InChI=1S/C20H19N3O2/c24-18-12-22-23(17-9-5-4-8-16(17)18)13-19(25)21-14-20(10-11-20)15-6-2-1-3-7-15/h1-9,12H,10-11,13-14H2,(H,21,25). The lowest BCUT2D eigenvalue weighted by Gasteiger charge is -2.17. The molecule has 1 N–H and O–H groups in total. The van der Waals surface area contributed by atoms with Crippen LogP contribution in [0.4, 0.5) is 0 Å². The number of amides is 1. The van der Waals surface area contributed by atoms with Gasteiger partial charge >= 0.3 is 0 Å². The van der Waals surface area contributed by atoms with Crippen LogP contribution < -0.4 is 10.7 Å². The Bertz CT molecular complexity index is 975. The number of para-hydroxylation sites is 1. The maximum atomic E-state index is 12.4. The minimum atomic E-state index is -0.131. The van der Waals surface area contributed by atoms with E-state index >= 15 is 0 Å². The second-order valence-corrected chi connectivity index (χ2v) is 6.61. The monoisotopic (exact) mass is 333 g/mol. The maximum absolute atomic E-state index is 12.4. The first-order valence-electron chi connectivity index (χ1n) is 8.45. The number of carbonyl (C=O) groups excluding carboxylic acids is 1. The van der Waals surface area contributed by atoms with Crippen LogP contribution in [0.2, 0.25) is 0 Å². The summed E-state index contributed by atoms with van der Waals surface area (Å²) in [4.78, 5) is 24.3. The molecule has 4 rings (SSSR count). The number of carbonyl (C=O) groups is 1. The molecule has 1 aliphatic rings. The van der Waals surface area contributed by atoms with Crippen molar-refractivity contribution in [1.82, 2.24) is 15.1 Å². The van der Waals surface area contributed by atoms with Gasteiger partial charge in [0, 0.05) is 17.3 Å². The van der Waals surface area contributed by atoms with Crippen molar-refractivity contribution in [2.75, 3.05) is 6.54 Å². The molecular weight excluding hydrogens is 314 g/mol. The average Bonchev–Trinajstić information content (AvgIpc) is 3.45. The van der Waals surface area contributed by atoms with Crippen LogP contribution in [-0.2, 0) is 16.8 Å². The normalized spacial score (nSPS) is 15.0. The van der Waals surface area contributed by atoms with E-state index in [-0.39, 0.29) is 23.3 Å². The molecule has 126 valence electrons. The van der Waals surface area contributed by atoms with E-state index in [0.717, 1.165) is 12.8 Å². The Labute approximate surface area is 145 Å². The third-order valence-electron chi connectivity index (χ3n) is 4.92. The van der Waals surface area contributed by atoms with E-state index in [9.17, 15) is 9.59 Å². The number of hydrogen-bond donors (Lipinski definition) is 1. The highest BCUT2D eigenvalue weighted by molar-refractivity contribution is 5.81. The van der Waals surface area contributed by atoms with Gasteiger partial charge < -0.3 is 5.32 Å². The van der Waals surface area contributed by atoms with Crippen molar-refractivity contribution in [3.8, 4) is 0 Å². The molecule has 1 amide bonds. The van der Waals surface area contributed by atoms with Gasteiger partial charge in [-0.2, -0.15) is 5.10 Å². The van der Waals surface area contributed by atoms with Crippen LogP contribution >= 0.6 is 0 Å². The Morgan fingerprint density at radius 3 is 2.56 bits per heavy atom. The van der Waals surface area contributed by atoms with Crippen LogP contribution in [0.25, 0.3) is 10.9 Å². The fraction of sp³-hybridized carbons (Fsp3) is 0.250. The first-order valence-corrected chi connectivity index (χ1v) is 8.45. The second kappa shape index (κ2) is 6.16. The van der Waals surface area contributed by atoms with Gasteiger partial charge in [-0.05, 0) is 30.5 Å². The largest absolute Gasteiger partial charge is 0.354 e. The molecule has 5 nitrogen and oxygen atoms in total. The van der Waals surface area contributed by atoms with Gasteiger partial charge in [-0.25, -0.2) is 0 Å². The van der Waals surface area contributed by atoms with Crippen molar-refractivity contribution < 1.29 is 4.79 Å². The van der Waals surface area contributed by atoms with Crippen molar-refractivity contribution in [3.05, 3.63) is 76.6 Å². The van der Waals surface area contributed by atoms with E-state index in [1.54, 1.807) is 10.7 Å². The summed E-state index contributed by atoms with van der Waals surface area (Å²) in [7, 11) is 0. The highest BCUT2D eigenvalue weighted by atomic mass is 16.2. The van der Waals surface area contributed by atoms with E-state index in [1.807, 2.05) is 36.4 Å². The summed E-state index contributed by atoms with van der Waals surface area (Å²) in [6.07, 6.45) is 3.45. The predicted molar refractivity (Wildman–Crippen MR) is 96.4 cm³/mol. The Morgan fingerprint density at radius 2 is 1.80 bits per heavy atom. The van der Waals surface area contributed by atoms with E-state index in [2.05, 4.69) is 22.5 Å². The molecule has 25 heavy (non-hydrogen) atoms. The van der Waals surface area contributed by atoms with Crippen molar-refractivity contribution in [1.29, 1.82) is 0 Å². The summed E-state index contributed by atoms with van der Waals surface area (Å²) in [5.74, 6) is -0.0940. The summed E-state index contributed by atoms with van der Waals surface area (Å²) < 4.78 is 1.58. The SMILES string of the molecule is O=C(Cn1ncc(=O)c2ccccc21)NCC1(c2ccccc2)CC1. The predicted octanol–water partition coefficient (Wildman–Crippen LogP) is 2.24. The van der Waals surface area contributed by atoms with Crippen LogP contribution in [0.15, 0.2) is 65.6 Å². The lowest BCUT2D eigenvalue weighted by atomic mass is 9.96. The topological polar surface area (TPSA) is 64.0 Å². The summed E-state index contributed by atoms with van der Waals surface area (Å²) in [5, 5.41) is 7.72. The zero-order valence-corrected chi connectivity index (χ0v) is 13.8. The molecule has 0 unspecified atom stereocenters. The molecule has 1 saturated carbocycles. The van der Waals surface area contributed by atoms with E-state index in [0.29, 0.717) is 17.4 Å². The number of nitrogens with one attached hydrogen (secondary N) is 1. The Kier molecular flexibility index (Phi) is 3.84. The smallest absolute Gasteiger partial charge is 0.241 e. The van der Waals surface area contributed by atoms with Gasteiger partial charge in [0.05, 0.1) is 11.7 Å². The van der Waals surface area contributed by atoms with Crippen molar-refractivity contribution in [3.63, 3.8) is 0 Å². The fourth-order valence-electron chi connectivity index (χ4n) is 3.26. The van der Waals surface area contributed by atoms with Crippen molar-refractivity contribution in [2.45, 2.75) is 24.8 Å². The fourth-order valence-corrected chi connectivity index (χ4v) is 3.26. The number of rotatable bonds is 5. The molecule has 5 heteroatoms. The number of fused-ring (bicyclic) bond motifs is 1. The third kappa shape index (κ3) is 3.05. The number of hydrogen-bond acceptors (Lipinski definition) is 3. The maximum Gasteiger partial charge on any atom is 0.241 e. The first kappa shape index (κ1) is 15.6. The van der Waals surface area contributed by atoms with Crippen molar-refractivity contribution >= 4 is 16.8 Å². The van der Waals surface area contributed by atoms with Gasteiger partial charge in [0.25, 0.3) is 0 Å². The molecule has 0 radical (unpaired) electrons. The molecule has 1 aromatic heterocycles. The van der Waals surface area contributed by atoms with Gasteiger partial charge in [-0.1, -0.05) is 42.5 Å². The average molecular weight is 333 g/mol. The molecule has 0 spiro atoms. The molecule has 0 atom stereocenters. The number of aromatic nitrogens is 2. The molecule has 1 aliphatic carbocycles. The zero-order valence-electron chi connectivity index (χ0n) is 13.8. The Hall–Kier alpha value is -2.95. The quantitative estimate of drug-likeness (QED) is 0.779. The molecular formula is C20H19N3O2. The molecule has 1 fully saturated rings. The van der Waals surface area contributed by atoms with Gasteiger partial charge in [0.2, 0.25) is 11.3 Å². The summed E-state index contributed by atoms with van der Waals surface area (Å²) in [6.45, 7) is 0.736. The van der Waals surface area contributed by atoms with Crippen LogP contribution in [0.5, 0.6) is 0 Å². The molecule has 3 aromatic rings. The van der Waals surface area contributed by atoms with Gasteiger partial charge in [-0.3, -0.25) is 14.3 Å². The minimum absolute atomic E-state index is 0.0793. The zero-order chi connectivity index (χ0) is 17.3. The molecule has 2 aromatic carbocycles. The lowest BCUT2D eigenvalue weighted by Crippen LogP contribution is -2.35. The van der Waals surface area contributed by atoms with Crippen molar-refractivity contribution in [2.24, 2.45) is 0 Å². The third-order valence-corrected chi connectivity index (χ3v) is 4.92.